The minimum Gasteiger partial charge on any atom is -0.383 e. The first-order valence-corrected chi connectivity index (χ1v) is 14.4. The van der Waals surface area contributed by atoms with Crippen molar-refractivity contribution in [2.24, 2.45) is 0 Å². The number of benzene rings is 1. The Hall–Kier alpha value is -2.30. The lowest BCUT2D eigenvalue weighted by Crippen LogP contribution is -2.49. The van der Waals surface area contributed by atoms with Crippen molar-refractivity contribution in [3.05, 3.63) is 82.9 Å². The zero-order chi connectivity index (χ0) is 26.2. The molecule has 38 heavy (non-hydrogen) atoms. The SMILES string of the molecule is OC1(c2ccncn2)CC2CCC(C1)N2.OC1(c2ncncc2Br)CC2CCC(C1)N2Cc1ccccc1. The Morgan fingerprint density at radius 3 is 2.16 bits per heavy atom. The van der Waals surface area contributed by atoms with Gasteiger partial charge in [0.1, 0.15) is 23.9 Å². The molecule has 9 heteroatoms. The lowest BCUT2D eigenvalue weighted by molar-refractivity contribution is -0.0629. The monoisotopic (exact) mass is 578 g/mol. The molecule has 4 aliphatic heterocycles. The number of hydrogen-bond acceptors (Lipinski definition) is 8. The van der Waals surface area contributed by atoms with E-state index in [1.807, 2.05) is 6.07 Å². The Kier molecular flexibility index (Phi) is 7.30. The molecule has 4 atom stereocenters. The average molecular weight is 580 g/mol. The fourth-order valence-electron chi connectivity index (χ4n) is 7.12. The van der Waals surface area contributed by atoms with E-state index < -0.39 is 11.2 Å². The highest BCUT2D eigenvalue weighted by Gasteiger charge is 2.49. The van der Waals surface area contributed by atoms with Gasteiger partial charge in [-0.2, -0.15) is 0 Å². The number of aliphatic hydroxyl groups is 2. The van der Waals surface area contributed by atoms with Crippen molar-refractivity contribution in [1.82, 2.24) is 30.2 Å². The Morgan fingerprint density at radius 2 is 1.53 bits per heavy atom. The van der Waals surface area contributed by atoms with E-state index in [9.17, 15) is 10.2 Å². The van der Waals surface area contributed by atoms with Gasteiger partial charge in [-0.3, -0.25) is 4.90 Å². The fraction of sp³-hybridized carbons (Fsp3) is 0.517. The Morgan fingerprint density at radius 1 is 0.842 bits per heavy atom. The molecule has 7 rings (SSSR count). The summed E-state index contributed by atoms with van der Waals surface area (Å²) in [6, 6.07) is 14.2. The molecule has 4 saturated heterocycles. The molecule has 3 N–H and O–H groups in total. The van der Waals surface area contributed by atoms with Gasteiger partial charge in [-0.25, -0.2) is 19.9 Å². The van der Waals surface area contributed by atoms with Crippen LogP contribution in [0, 0.1) is 0 Å². The van der Waals surface area contributed by atoms with Crippen LogP contribution in [0.3, 0.4) is 0 Å². The van der Waals surface area contributed by atoms with Crippen molar-refractivity contribution in [2.75, 3.05) is 0 Å². The molecule has 4 aliphatic rings. The molecule has 4 unspecified atom stereocenters. The number of piperidine rings is 2. The molecule has 8 nitrogen and oxygen atoms in total. The van der Waals surface area contributed by atoms with E-state index in [1.165, 1.54) is 31.1 Å². The summed E-state index contributed by atoms with van der Waals surface area (Å²) in [5, 5.41) is 25.3. The minimum atomic E-state index is -0.846. The number of hydrogen-bond donors (Lipinski definition) is 3. The molecule has 1 aromatic carbocycles. The molecule has 0 spiro atoms. The number of fused-ring (bicyclic) bond motifs is 4. The van der Waals surface area contributed by atoms with Gasteiger partial charge in [0.25, 0.3) is 0 Å². The third-order valence-corrected chi connectivity index (χ3v) is 9.38. The fourth-order valence-corrected chi connectivity index (χ4v) is 7.70. The number of aromatic nitrogens is 4. The molecular formula is C29H35BrN6O2. The molecule has 0 aliphatic carbocycles. The summed E-state index contributed by atoms with van der Waals surface area (Å²) in [6.45, 7) is 0.969. The standard InChI is InChI=1S/C18H20BrN3O.C11H15N3O/c19-16-10-20-12-21-17(16)18(23)8-14-6-7-15(9-18)22(14)11-13-4-2-1-3-5-13;15-11(10-3-4-12-7-13-10)5-8-1-2-9(6-11)14-8/h1-5,10,12,14-15,23H,6-9,11H2;3-4,7-9,14-15H,1-2,5-6H2. The van der Waals surface area contributed by atoms with E-state index in [-0.39, 0.29) is 0 Å². The van der Waals surface area contributed by atoms with Crippen molar-refractivity contribution in [1.29, 1.82) is 0 Å². The van der Waals surface area contributed by atoms with E-state index >= 15 is 0 Å². The van der Waals surface area contributed by atoms with E-state index in [1.54, 1.807) is 12.4 Å². The molecule has 200 valence electrons. The molecule has 3 aromatic rings. The summed E-state index contributed by atoms with van der Waals surface area (Å²) in [4.78, 5) is 19.0. The number of nitrogens with one attached hydrogen (secondary N) is 1. The van der Waals surface area contributed by atoms with Gasteiger partial charge in [0.2, 0.25) is 0 Å². The summed E-state index contributed by atoms with van der Waals surface area (Å²) in [6.07, 6.45) is 14.2. The van der Waals surface area contributed by atoms with Crippen LogP contribution in [-0.2, 0) is 17.7 Å². The highest BCUT2D eigenvalue weighted by Crippen LogP contribution is 2.47. The van der Waals surface area contributed by atoms with Crippen LogP contribution in [0.1, 0.15) is 68.3 Å². The second-order valence-electron chi connectivity index (χ2n) is 11.4. The Bertz CT molecular complexity index is 1210. The number of halogens is 1. The highest BCUT2D eigenvalue weighted by molar-refractivity contribution is 9.10. The van der Waals surface area contributed by atoms with Crippen molar-refractivity contribution in [3.8, 4) is 0 Å². The summed E-state index contributed by atoms with van der Waals surface area (Å²) >= 11 is 3.50. The van der Waals surface area contributed by atoms with Crippen LogP contribution in [0.2, 0.25) is 0 Å². The smallest absolute Gasteiger partial charge is 0.115 e. The van der Waals surface area contributed by atoms with Crippen LogP contribution in [0.15, 0.2) is 65.9 Å². The van der Waals surface area contributed by atoms with Crippen LogP contribution in [0.5, 0.6) is 0 Å². The largest absolute Gasteiger partial charge is 0.383 e. The zero-order valence-corrected chi connectivity index (χ0v) is 23.0. The van der Waals surface area contributed by atoms with E-state index in [0.717, 1.165) is 60.9 Å². The highest BCUT2D eigenvalue weighted by atomic mass is 79.9. The lowest BCUT2D eigenvalue weighted by Gasteiger charge is -2.43. The van der Waals surface area contributed by atoms with Gasteiger partial charge in [0, 0.05) is 43.1 Å². The maximum atomic E-state index is 11.2. The molecular weight excluding hydrogens is 544 g/mol. The predicted octanol–water partition coefficient (Wildman–Crippen LogP) is 3.83. The normalized spacial score (nSPS) is 34.0. The summed E-state index contributed by atoms with van der Waals surface area (Å²) < 4.78 is 0.804. The van der Waals surface area contributed by atoms with Crippen LogP contribution >= 0.6 is 15.9 Å². The summed E-state index contributed by atoms with van der Waals surface area (Å²) in [5.41, 5.74) is 1.28. The van der Waals surface area contributed by atoms with E-state index in [0.29, 0.717) is 24.2 Å². The van der Waals surface area contributed by atoms with Crippen LogP contribution in [-0.4, -0.2) is 59.2 Å². The first-order valence-electron chi connectivity index (χ1n) is 13.6. The molecule has 0 saturated carbocycles. The van der Waals surface area contributed by atoms with Gasteiger partial charge in [-0.15, -0.1) is 0 Å². The minimum absolute atomic E-state index is 0.417. The van der Waals surface area contributed by atoms with Gasteiger partial charge in [-0.1, -0.05) is 30.3 Å². The molecule has 4 bridgehead atoms. The first-order chi connectivity index (χ1) is 18.4. The van der Waals surface area contributed by atoms with E-state index in [2.05, 4.69) is 76.4 Å². The predicted molar refractivity (Wildman–Crippen MR) is 147 cm³/mol. The Labute approximate surface area is 232 Å². The second kappa shape index (κ2) is 10.7. The van der Waals surface area contributed by atoms with Crippen LogP contribution in [0.4, 0.5) is 0 Å². The third-order valence-electron chi connectivity index (χ3n) is 8.80. The maximum Gasteiger partial charge on any atom is 0.115 e. The topological polar surface area (TPSA) is 107 Å². The van der Waals surface area contributed by atoms with Gasteiger partial charge in [-0.05, 0) is 78.9 Å². The Balaban J connectivity index is 0.000000152. The third kappa shape index (κ3) is 5.27. The van der Waals surface area contributed by atoms with Gasteiger partial charge < -0.3 is 15.5 Å². The van der Waals surface area contributed by atoms with Gasteiger partial charge >= 0.3 is 0 Å². The molecule has 4 fully saturated rings. The van der Waals surface area contributed by atoms with Crippen molar-refractivity contribution in [3.63, 3.8) is 0 Å². The maximum absolute atomic E-state index is 11.2. The van der Waals surface area contributed by atoms with Gasteiger partial charge in [0.05, 0.1) is 15.9 Å². The van der Waals surface area contributed by atoms with Crippen LogP contribution in [0.25, 0.3) is 0 Å². The number of nitrogens with zero attached hydrogens (tertiary/aromatic N) is 5. The van der Waals surface area contributed by atoms with Gasteiger partial charge in [0.15, 0.2) is 0 Å². The molecule has 0 amide bonds. The average Bonchev–Trinajstić information content (AvgIpc) is 3.40. The first kappa shape index (κ1) is 26.0. The molecule has 0 radical (unpaired) electrons. The van der Waals surface area contributed by atoms with E-state index in [4.69, 9.17) is 0 Å². The number of rotatable bonds is 4. The molecule has 2 aromatic heterocycles. The second-order valence-corrected chi connectivity index (χ2v) is 12.2. The quantitative estimate of drug-likeness (QED) is 0.428. The summed E-state index contributed by atoms with van der Waals surface area (Å²) in [5.74, 6) is 0. The van der Waals surface area contributed by atoms with Crippen LogP contribution < -0.4 is 5.32 Å². The molecule has 6 heterocycles. The van der Waals surface area contributed by atoms with Crippen molar-refractivity contribution in [2.45, 2.75) is 93.3 Å². The van der Waals surface area contributed by atoms with Crippen molar-refractivity contribution < 1.29 is 10.2 Å². The lowest BCUT2D eigenvalue weighted by atomic mass is 9.83. The summed E-state index contributed by atoms with van der Waals surface area (Å²) in [7, 11) is 0. The zero-order valence-electron chi connectivity index (χ0n) is 21.5. The van der Waals surface area contributed by atoms with Crippen molar-refractivity contribution >= 4 is 15.9 Å².